The van der Waals surface area contributed by atoms with Gasteiger partial charge in [-0.3, -0.25) is 0 Å². The summed E-state index contributed by atoms with van der Waals surface area (Å²) in [5.74, 6) is 0.925. The van der Waals surface area contributed by atoms with E-state index in [-0.39, 0.29) is 5.41 Å². The summed E-state index contributed by atoms with van der Waals surface area (Å²) in [7, 11) is 0. The lowest BCUT2D eigenvalue weighted by atomic mass is 9.91. The van der Waals surface area contributed by atoms with Crippen LogP contribution in [0, 0.1) is 18.3 Å². The lowest BCUT2D eigenvalue weighted by molar-refractivity contribution is 0.568. The lowest BCUT2D eigenvalue weighted by Gasteiger charge is -2.15. The highest BCUT2D eigenvalue weighted by Gasteiger charge is 2.24. The fourth-order valence-electron chi connectivity index (χ4n) is 1.59. The van der Waals surface area contributed by atoms with Crippen molar-refractivity contribution >= 4 is 0 Å². The fraction of sp³-hybridized carbons (Fsp3) is 0.636. The number of aromatic nitrogens is 2. The van der Waals surface area contributed by atoms with E-state index in [4.69, 9.17) is 5.26 Å². The van der Waals surface area contributed by atoms with Crippen molar-refractivity contribution in [2.75, 3.05) is 0 Å². The molecule has 14 heavy (non-hydrogen) atoms. The van der Waals surface area contributed by atoms with Crippen LogP contribution in [0.1, 0.15) is 44.9 Å². The number of hydrogen-bond donors (Lipinski definition) is 0. The first-order valence-electron chi connectivity index (χ1n) is 4.89. The van der Waals surface area contributed by atoms with E-state index < -0.39 is 0 Å². The van der Waals surface area contributed by atoms with Crippen LogP contribution >= 0.6 is 0 Å². The standard InChI is InChI=1S/C11H17N3/c1-6-14-8(2)13-10(9(14)7-12)11(3,4)5/h6H2,1-5H3. The highest BCUT2D eigenvalue weighted by Crippen LogP contribution is 2.25. The maximum atomic E-state index is 9.10. The first-order chi connectivity index (χ1) is 6.41. The number of aryl methyl sites for hydroxylation is 1. The Morgan fingerprint density at radius 3 is 2.36 bits per heavy atom. The van der Waals surface area contributed by atoms with Gasteiger partial charge in [-0.05, 0) is 13.8 Å². The predicted octanol–water partition coefficient (Wildman–Crippen LogP) is 2.38. The summed E-state index contributed by atoms with van der Waals surface area (Å²) in [6.07, 6.45) is 0. The Kier molecular flexibility index (Phi) is 2.66. The molecular weight excluding hydrogens is 174 g/mol. The molecule has 0 N–H and O–H groups in total. The third kappa shape index (κ3) is 1.65. The first kappa shape index (κ1) is 10.8. The zero-order chi connectivity index (χ0) is 10.9. The Balaban J connectivity index is 3.41. The molecule has 0 amide bonds. The molecule has 0 radical (unpaired) electrons. The molecule has 0 fully saturated rings. The van der Waals surface area contributed by atoms with E-state index in [2.05, 4.69) is 31.8 Å². The molecule has 0 saturated carbocycles. The Bertz CT molecular complexity index is 374. The third-order valence-corrected chi connectivity index (χ3v) is 2.29. The first-order valence-corrected chi connectivity index (χ1v) is 4.89. The van der Waals surface area contributed by atoms with Crippen LogP contribution in [0.2, 0.25) is 0 Å². The van der Waals surface area contributed by atoms with Crippen LogP contribution in [0.4, 0.5) is 0 Å². The number of hydrogen-bond acceptors (Lipinski definition) is 2. The van der Waals surface area contributed by atoms with Crippen molar-refractivity contribution in [2.45, 2.75) is 46.6 Å². The van der Waals surface area contributed by atoms with Gasteiger partial charge >= 0.3 is 0 Å². The molecule has 0 unspecified atom stereocenters. The van der Waals surface area contributed by atoms with Crippen LogP contribution in [0.3, 0.4) is 0 Å². The average Bonchev–Trinajstić information content (AvgIpc) is 2.40. The molecule has 76 valence electrons. The minimum atomic E-state index is -0.0593. The Morgan fingerprint density at radius 1 is 1.43 bits per heavy atom. The van der Waals surface area contributed by atoms with E-state index in [1.54, 1.807) is 0 Å². The molecule has 0 saturated heterocycles. The molecule has 1 heterocycles. The van der Waals surface area contributed by atoms with Crippen LogP contribution < -0.4 is 0 Å². The smallest absolute Gasteiger partial charge is 0.143 e. The molecule has 3 nitrogen and oxygen atoms in total. The van der Waals surface area contributed by atoms with Gasteiger partial charge in [0.2, 0.25) is 0 Å². The van der Waals surface area contributed by atoms with Crippen molar-refractivity contribution < 1.29 is 0 Å². The predicted molar refractivity (Wildman–Crippen MR) is 56.1 cm³/mol. The number of rotatable bonds is 1. The van der Waals surface area contributed by atoms with Crippen LogP contribution in [-0.4, -0.2) is 9.55 Å². The molecule has 1 aromatic rings. The molecule has 0 spiro atoms. The van der Waals surface area contributed by atoms with Crippen molar-refractivity contribution in [3.8, 4) is 6.07 Å². The monoisotopic (exact) mass is 191 g/mol. The molecule has 1 aromatic heterocycles. The van der Waals surface area contributed by atoms with E-state index in [1.165, 1.54) is 0 Å². The second-order valence-corrected chi connectivity index (χ2v) is 4.46. The highest BCUT2D eigenvalue weighted by molar-refractivity contribution is 5.34. The van der Waals surface area contributed by atoms with E-state index in [0.29, 0.717) is 5.69 Å². The summed E-state index contributed by atoms with van der Waals surface area (Å²) in [6, 6.07) is 2.24. The van der Waals surface area contributed by atoms with Crippen molar-refractivity contribution in [2.24, 2.45) is 0 Å². The van der Waals surface area contributed by atoms with Gasteiger partial charge in [-0.25, -0.2) is 4.98 Å². The summed E-state index contributed by atoms with van der Waals surface area (Å²) in [5.41, 5.74) is 1.55. The molecule has 0 atom stereocenters. The van der Waals surface area contributed by atoms with Crippen LogP contribution in [-0.2, 0) is 12.0 Å². The van der Waals surface area contributed by atoms with Crippen LogP contribution in [0.25, 0.3) is 0 Å². The third-order valence-electron chi connectivity index (χ3n) is 2.29. The van der Waals surface area contributed by atoms with E-state index in [1.807, 2.05) is 18.4 Å². The van der Waals surface area contributed by atoms with E-state index >= 15 is 0 Å². The maximum Gasteiger partial charge on any atom is 0.143 e. The quantitative estimate of drug-likeness (QED) is 0.684. The van der Waals surface area contributed by atoms with Gasteiger partial charge in [0.15, 0.2) is 0 Å². The van der Waals surface area contributed by atoms with Gasteiger partial charge in [-0.1, -0.05) is 20.8 Å². The van der Waals surface area contributed by atoms with Gasteiger partial charge in [0.05, 0.1) is 5.69 Å². The zero-order valence-corrected chi connectivity index (χ0v) is 9.55. The van der Waals surface area contributed by atoms with Crippen LogP contribution in [0.5, 0.6) is 0 Å². The number of imidazole rings is 1. The summed E-state index contributed by atoms with van der Waals surface area (Å²) < 4.78 is 1.96. The van der Waals surface area contributed by atoms with Gasteiger partial charge < -0.3 is 4.57 Å². The van der Waals surface area contributed by atoms with Gasteiger partial charge in [-0.15, -0.1) is 0 Å². The molecule has 1 rings (SSSR count). The molecule has 0 aliphatic carbocycles. The van der Waals surface area contributed by atoms with Crippen LogP contribution in [0.15, 0.2) is 0 Å². The maximum absolute atomic E-state index is 9.10. The topological polar surface area (TPSA) is 41.6 Å². The SMILES string of the molecule is CCn1c(C)nc(C(C)(C)C)c1C#N. The number of nitriles is 1. The molecule has 0 aliphatic heterocycles. The molecular formula is C11H17N3. The van der Waals surface area contributed by atoms with E-state index in [0.717, 1.165) is 18.1 Å². The second-order valence-electron chi connectivity index (χ2n) is 4.46. The largest absolute Gasteiger partial charge is 0.320 e. The molecule has 0 bridgehead atoms. The Hall–Kier alpha value is -1.30. The molecule has 0 aliphatic rings. The minimum Gasteiger partial charge on any atom is -0.320 e. The summed E-state index contributed by atoms with van der Waals surface area (Å²) in [6.45, 7) is 11.0. The normalized spacial score (nSPS) is 11.4. The van der Waals surface area contributed by atoms with Crippen molar-refractivity contribution in [3.63, 3.8) is 0 Å². The summed E-state index contributed by atoms with van der Waals surface area (Å²) >= 11 is 0. The minimum absolute atomic E-state index is 0.0593. The zero-order valence-electron chi connectivity index (χ0n) is 9.55. The van der Waals surface area contributed by atoms with Gasteiger partial charge in [0.25, 0.3) is 0 Å². The number of nitrogens with zero attached hydrogens (tertiary/aromatic N) is 3. The Labute approximate surface area is 85.4 Å². The summed E-state index contributed by atoms with van der Waals surface area (Å²) in [4.78, 5) is 4.46. The summed E-state index contributed by atoms with van der Waals surface area (Å²) in [5, 5.41) is 9.10. The molecule has 3 heteroatoms. The van der Waals surface area contributed by atoms with Gasteiger partial charge in [-0.2, -0.15) is 5.26 Å². The average molecular weight is 191 g/mol. The second kappa shape index (κ2) is 3.45. The van der Waals surface area contributed by atoms with E-state index in [9.17, 15) is 0 Å². The fourth-order valence-corrected chi connectivity index (χ4v) is 1.59. The van der Waals surface area contributed by atoms with Crippen molar-refractivity contribution in [1.82, 2.24) is 9.55 Å². The highest BCUT2D eigenvalue weighted by atomic mass is 15.1. The molecule has 0 aromatic carbocycles. The Morgan fingerprint density at radius 2 is 2.00 bits per heavy atom. The van der Waals surface area contributed by atoms with Crippen molar-refractivity contribution in [3.05, 3.63) is 17.2 Å². The van der Waals surface area contributed by atoms with Gasteiger partial charge in [0, 0.05) is 12.0 Å². The van der Waals surface area contributed by atoms with Gasteiger partial charge in [0.1, 0.15) is 17.6 Å². The van der Waals surface area contributed by atoms with Crippen molar-refractivity contribution in [1.29, 1.82) is 5.26 Å². The lowest BCUT2D eigenvalue weighted by Crippen LogP contribution is -2.14.